The number of tetrazole rings is 1. The predicted octanol–water partition coefficient (Wildman–Crippen LogP) is 2.81. The molecule has 2 atom stereocenters. The Morgan fingerprint density at radius 3 is 2.57 bits per heavy atom. The minimum atomic E-state index is -0.374. The molecule has 2 fully saturated rings. The van der Waals surface area contributed by atoms with Gasteiger partial charge in [0.1, 0.15) is 12.3 Å². The van der Waals surface area contributed by atoms with Crippen molar-refractivity contribution < 1.29 is 18.7 Å². The number of esters is 1. The van der Waals surface area contributed by atoms with Crippen molar-refractivity contribution in [2.75, 3.05) is 11.9 Å². The molecule has 2 N–H and O–H groups in total. The zero-order chi connectivity index (χ0) is 24.2. The van der Waals surface area contributed by atoms with Crippen molar-refractivity contribution in [2.24, 2.45) is 0 Å². The minimum absolute atomic E-state index is 0.0988. The number of furan rings is 1. The minimum Gasteiger partial charge on any atom is -0.467 e. The molecule has 0 radical (unpaired) electrons. The topological polar surface area (TPSA) is 127 Å². The zero-order valence-corrected chi connectivity index (χ0v) is 19.6. The molecular weight excluding hydrogens is 450 g/mol. The molecule has 2 aliphatic rings. The number of benzene rings is 1. The van der Waals surface area contributed by atoms with Crippen LogP contribution in [0, 0.1) is 0 Å². The van der Waals surface area contributed by atoms with E-state index in [0.29, 0.717) is 43.0 Å². The molecule has 5 rings (SSSR count). The van der Waals surface area contributed by atoms with Crippen LogP contribution in [0.2, 0.25) is 0 Å². The van der Waals surface area contributed by atoms with Crippen molar-refractivity contribution in [2.45, 2.75) is 63.8 Å². The number of hydrogen-bond donors (Lipinski definition) is 2. The number of piperidine rings is 1. The lowest BCUT2D eigenvalue weighted by Gasteiger charge is -2.38. The van der Waals surface area contributed by atoms with E-state index in [1.807, 2.05) is 12.1 Å². The number of anilines is 1. The summed E-state index contributed by atoms with van der Waals surface area (Å²) < 4.78 is 12.2. The van der Waals surface area contributed by atoms with E-state index in [0.717, 1.165) is 37.3 Å². The average molecular weight is 480 g/mol. The molecule has 3 aromatic rings. The molecule has 2 bridgehead atoms. The van der Waals surface area contributed by atoms with Gasteiger partial charge in [0.05, 0.1) is 25.0 Å². The third-order valence-electron chi connectivity index (χ3n) is 6.69. The number of rotatable bonds is 8. The second-order valence-corrected chi connectivity index (χ2v) is 8.95. The van der Waals surface area contributed by atoms with E-state index in [4.69, 9.17) is 9.15 Å². The molecule has 2 aromatic heterocycles. The summed E-state index contributed by atoms with van der Waals surface area (Å²) >= 11 is 0. The number of amides is 2. The first kappa shape index (κ1) is 23.0. The van der Waals surface area contributed by atoms with Crippen LogP contribution in [-0.4, -0.2) is 61.8 Å². The predicted molar refractivity (Wildman–Crippen MR) is 126 cm³/mol. The fourth-order valence-electron chi connectivity index (χ4n) is 5.08. The van der Waals surface area contributed by atoms with Crippen molar-refractivity contribution in [3.63, 3.8) is 0 Å². The molecule has 4 heterocycles. The first-order chi connectivity index (χ1) is 17.1. The third-order valence-corrected chi connectivity index (χ3v) is 6.69. The first-order valence-electron chi connectivity index (χ1n) is 12.0. The number of nitrogens with zero attached hydrogens (tertiary/aromatic N) is 5. The van der Waals surface area contributed by atoms with Gasteiger partial charge in [0.2, 0.25) is 0 Å². The van der Waals surface area contributed by atoms with Gasteiger partial charge in [-0.1, -0.05) is 0 Å². The van der Waals surface area contributed by atoms with E-state index in [9.17, 15) is 9.59 Å². The van der Waals surface area contributed by atoms with Crippen LogP contribution in [0.5, 0.6) is 0 Å². The van der Waals surface area contributed by atoms with Gasteiger partial charge in [-0.15, -0.1) is 5.10 Å². The molecule has 2 saturated heterocycles. The molecule has 35 heavy (non-hydrogen) atoms. The number of carbonyl (C=O) groups is 2. The molecule has 2 aliphatic heterocycles. The summed E-state index contributed by atoms with van der Waals surface area (Å²) in [6.07, 6.45) is 5.60. The third kappa shape index (κ3) is 5.35. The van der Waals surface area contributed by atoms with Crippen molar-refractivity contribution in [1.29, 1.82) is 0 Å². The average Bonchev–Trinajstić information content (AvgIpc) is 3.56. The summed E-state index contributed by atoms with van der Waals surface area (Å²) in [6.45, 7) is 3.27. The maximum Gasteiger partial charge on any atom is 0.338 e. The molecular formula is C24H29N7O4. The highest BCUT2D eigenvalue weighted by molar-refractivity contribution is 5.92. The number of nitrogens with one attached hydrogen (secondary N) is 2. The summed E-state index contributed by atoms with van der Waals surface area (Å²) in [5, 5.41) is 18.2. The number of hydrogen-bond acceptors (Lipinski definition) is 8. The Balaban J connectivity index is 1.14. The Morgan fingerprint density at radius 2 is 1.89 bits per heavy atom. The lowest BCUT2D eigenvalue weighted by atomic mass is 9.97. The highest BCUT2D eigenvalue weighted by atomic mass is 16.5. The summed E-state index contributed by atoms with van der Waals surface area (Å²) in [6, 6.07) is 11.1. The normalized spacial score (nSPS) is 21.6. The largest absolute Gasteiger partial charge is 0.467 e. The Morgan fingerprint density at radius 1 is 1.11 bits per heavy atom. The molecule has 0 aliphatic carbocycles. The molecule has 11 heteroatoms. The van der Waals surface area contributed by atoms with Gasteiger partial charge in [0.25, 0.3) is 0 Å². The van der Waals surface area contributed by atoms with Gasteiger partial charge in [-0.3, -0.25) is 4.90 Å². The van der Waals surface area contributed by atoms with Gasteiger partial charge < -0.3 is 19.8 Å². The van der Waals surface area contributed by atoms with Crippen molar-refractivity contribution in [3.05, 3.63) is 59.8 Å². The van der Waals surface area contributed by atoms with Crippen LogP contribution < -0.4 is 10.6 Å². The quantitative estimate of drug-likeness (QED) is 0.472. The van der Waals surface area contributed by atoms with E-state index >= 15 is 0 Å². The van der Waals surface area contributed by atoms with Crippen LogP contribution in [0.3, 0.4) is 0 Å². The zero-order valence-electron chi connectivity index (χ0n) is 19.6. The summed E-state index contributed by atoms with van der Waals surface area (Å²) in [7, 11) is 0. The molecule has 0 spiro atoms. The molecule has 2 amide bonds. The van der Waals surface area contributed by atoms with E-state index < -0.39 is 0 Å². The first-order valence-corrected chi connectivity index (χ1v) is 12.0. The number of urea groups is 1. The molecule has 2 unspecified atom stereocenters. The van der Waals surface area contributed by atoms with E-state index in [1.54, 1.807) is 42.1 Å². The van der Waals surface area contributed by atoms with E-state index in [2.05, 4.69) is 31.1 Å². The smallest absolute Gasteiger partial charge is 0.338 e. The fraction of sp³-hybridized carbons (Fsp3) is 0.458. The maximum atomic E-state index is 12.6. The van der Waals surface area contributed by atoms with Crippen molar-refractivity contribution >= 4 is 17.7 Å². The van der Waals surface area contributed by atoms with Crippen LogP contribution >= 0.6 is 0 Å². The van der Waals surface area contributed by atoms with Gasteiger partial charge in [-0.05, 0) is 79.4 Å². The molecule has 0 saturated carbocycles. The van der Waals surface area contributed by atoms with Gasteiger partial charge in [-0.25, -0.2) is 14.3 Å². The van der Waals surface area contributed by atoms with Gasteiger partial charge in [-0.2, -0.15) is 0 Å². The number of carbonyl (C=O) groups excluding carboxylic acids is 2. The monoisotopic (exact) mass is 479 g/mol. The Hall–Kier alpha value is -3.73. The van der Waals surface area contributed by atoms with Crippen LogP contribution in [0.25, 0.3) is 0 Å². The van der Waals surface area contributed by atoms with Crippen LogP contribution in [0.15, 0.2) is 47.1 Å². The number of aromatic nitrogens is 4. The van der Waals surface area contributed by atoms with E-state index in [-0.39, 0.29) is 18.0 Å². The standard InChI is InChI=1S/C24H29N7O4/c1-2-34-23(32)16-5-7-17(8-6-16)25-24(33)26-18-12-19-9-10-20(13-18)30(19)15-22-27-28-29-31(22)14-21-4-3-11-35-21/h3-8,11,18-20H,2,9-10,12-15H2,1H3,(H2,25,26,33). The fourth-order valence-corrected chi connectivity index (χ4v) is 5.08. The Labute approximate surface area is 202 Å². The number of fused-ring (bicyclic) bond motifs is 2. The van der Waals surface area contributed by atoms with Crippen LogP contribution in [0.1, 0.15) is 54.5 Å². The van der Waals surface area contributed by atoms with E-state index in [1.165, 1.54) is 0 Å². The molecule has 11 nitrogen and oxygen atoms in total. The van der Waals surface area contributed by atoms with Gasteiger partial charge in [0, 0.05) is 23.8 Å². The Kier molecular flexibility index (Phi) is 6.75. The highest BCUT2D eigenvalue weighted by Gasteiger charge is 2.41. The van der Waals surface area contributed by atoms with Crippen LogP contribution in [0.4, 0.5) is 10.5 Å². The second kappa shape index (κ2) is 10.3. The number of ether oxygens (including phenoxy) is 1. The molecule has 1 aromatic carbocycles. The highest BCUT2D eigenvalue weighted by Crippen LogP contribution is 2.36. The van der Waals surface area contributed by atoms with Crippen LogP contribution in [-0.2, 0) is 17.8 Å². The maximum absolute atomic E-state index is 12.6. The van der Waals surface area contributed by atoms with Gasteiger partial charge >= 0.3 is 12.0 Å². The van der Waals surface area contributed by atoms with Crippen molar-refractivity contribution in [1.82, 2.24) is 30.4 Å². The summed E-state index contributed by atoms with van der Waals surface area (Å²) in [5.74, 6) is 1.25. The summed E-state index contributed by atoms with van der Waals surface area (Å²) in [4.78, 5) is 26.9. The van der Waals surface area contributed by atoms with Crippen molar-refractivity contribution in [3.8, 4) is 0 Å². The lowest BCUT2D eigenvalue weighted by Crippen LogP contribution is -2.51. The lowest BCUT2D eigenvalue weighted by molar-refractivity contribution is 0.0526. The molecule has 184 valence electrons. The SMILES string of the molecule is CCOC(=O)c1ccc(NC(=O)NC2CC3CCC(C2)N3Cc2nnnn2Cc2ccco2)cc1. The Bertz CT molecular complexity index is 1130. The second-order valence-electron chi connectivity index (χ2n) is 8.95. The summed E-state index contributed by atoms with van der Waals surface area (Å²) in [5.41, 5.74) is 1.08. The van der Waals surface area contributed by atoms with Gasteiger partial charge in [0.15, 0.2) is 5.82 Å².